The van der Waals surface area contributed by atoms with Gasteiger partial charge in [-0.3, -0.25) is 0 Å². The van der Waals surface area contributed by atoms with Crippen LogP contribution in [0.4, 0.5) is 0 Å². The van der Waals surface area contributed by atoms with Crippen LogP contribution in [0, 0.1) is 0 Å². The van der Waals surface area contributed by atoms with Crippen molar-refractivity contribution >= 4 is 23.1 Å². The van der Waals surface area contributed by atoms with Crippen molar-refractivity contribution in [2.75, 3.05) is 0 Å². The number of nitrogens with zero attached hydrogens (tertiary/aromatic N) is 1. The summed E-state index contributed by atoms with van der Waals surface area (Å²) in [6, 6.07) is 8.29. The van der Waals surface area contributed by atoms with Gasteiger partial charge in [0.25, 0.3) is 0 Å². The zero-order chi connectivity index (χ0) is 12.3. The van der Waals surface area contributed by atoms with E-state index < -0.39 is 0 Å². The molecule has 2 rings (SSSR count). The monoisotopic (exact) mass is 223 g/mol. The number of pyridine rings is 1. The molecule has 0 aliphatic heterocycles. The van der Waals surface area contributed by atoms with E-state index in [1.54, 1.807) is 0 Å². The first-order valence-electron chi connectivity index (χ1n) is 5.98. The predicted octanol–water partition coefficient (Wildman–Crippen LogP) is 4.47. The third kappa shape index (κ3) is 2.01. The third-order valence-electron chi connectivity index (χ3n) is 2.95. The van der Waals surface area contributed by atoms with Gasteiger partial charge in [-0.15, -0.1) is 0 Å². The van der Waals surface area contributed by atoms with E-state index in [9.17, 15) is 0 Å². The Morgan fingerprint density at radius 2 is 2.06 bits per heavy atom. The third-order valence-corrected chi connectivity index (χ3v) is 2.95. The summed E-state index contributed by atoms with van der Waals surface area (Å²) in [6.07, 6.45) is 7.01. The second-order valence-electron chi connectivity index (χ2n) is 3.96. The highest BCUT2D eigenvalue weighted by Gasteiger charge is 2.09. The molecule has 0 amide bonds. The number of benzene rings is 1. The molecule has 0 atom stereocenters. The van der Waals surface area contributed by atoms with Crippen LogP contribution >= 0.6 is 0 Å². The molecule has 0 saturated heterocycles. The molecule has 1 heteroatoms. The molecule has 0 fully saturated rings. The highest BCUT2D eigenvalue weighted by molar-refractivity contribution is 5.87. The highest BCUT2D eigenvalue weighted by Crippen LogP contribution is 2.25. The van der Waals surface area contributed by atoms with Crippen molar-refractivity contribution in [3.63, 3.8) is 0 Å². The van der Waals surface area contributed by atoms with Gasteiger partial charge in [0.1, 0.15) is 0 Å². The number of fused-ring (bicyclic) bond motifs is 1. The summed E-state index contributed by atoms with van der Waals surface area (Å²) < 4.78 is 0. The molecule has 0 aliphatic carbocycles. The van der Waals surface area contributed by atoms with Gasteiger partial charge in [-0.1, -0.05) is 43.9 Å². The number of aryl methyl sites for hydroxylation is 1. The lowest BCUT2D eigenvalue weighted by atomic mass is 9.98. The maximum absolute atomic E-state index is 4.65. The van der Waals surface area contributed by atoms with Gasteiger partial charge in [-0.25, -0.2) is 4.98 Å². The van der Waals surface area contributed by atoms with Crippen molar-refractivity contribution in [2.24, 2.45) is 0 Å². The van der Waals surface area contributed by atoms with E-state index in [0.29, 0.717) is 0 Å². The van der Waals surface area contributed by atoms with E-state index in [1.807, 2.05) is 19.1 Å². The molecule has 0 bridgehead atoms. The van der Waals surface area contributed by atoms with E-state index in [2.05, 4.69) is 48.8 Å². The summed E-state index contributed by atoms with van der Waals surface area (Å²) in [5, 5.41) is 1.24. The molecule has 0 radical (unpaired) electrons. The Morgan fingerprint density at radius 1 is 1.29 bits per heavy atom. The Hall–Kier alpha value is -1.89. The first-order chi connectivity index (χ1) is 8.31. The van der Waals surface area contributed by atoms with Gasteiger partial charge >= 0.3 is 0 Å². The van der Waals surface area contributed by atoms with Gasteiger partial charge in [0, 0.05) is 10.9 Å². The van der Waals surface area contributed by atoms with Crippen LogP contribution in [0.15, 0.2) is 36.9 Å². The summed E-state index contributed by atoms with van der Waals surface area (Å²) >= 11 is 0. The summed E-state index contributed by atoms with van der Waals surface area (Å²) in [7, 11) is 0. The molecule has 0 unspecified atom stereocenters. The average Bonchev–Trinajstić information content (AvgIpc) is 2.38. The number of rotatable bonds is 3. The molecule has 0 N–H and O–H groups in total. The zero-order valence-corrected chi connectivity index (χ0v) is 10.4. The van der Waals surface area contributed by atoms with Gasteiger partial charge in [0.05, 0.1) is 11.2 Å². The maximum atomic E-state index is 4.65. The first kappa shape index (κ1) is 11.6. The van der Waals surface area contributed by atoms with Crippen LogP contribution in [0.25, 0.3) is 23.1 Å². The number of allylic oxidation sites excluding steroid dienone is 1. The Morgan fingerprint density at radius 3 is 2.71 bits per heavy atom. The summed E-state index contributed by atoms with van der Waals surface area (Å²) in [4.78, 5) is 4.65. The standard InChI is InChI=1S/C16H17N/c1-4-9-13-12(5-2)14-10-7-8-11-16(14)17-15(13)6-3/h4,6-11H,3,5H2,1-2H3/b9-4-. The van der Waals surface area contributed by atoms with Crippen molar-refractivity contribution in [2.45, 2.75) is 20.3 Å². The minimum Gasteiger partial charge on any atom is -0.248 e. The number of aromatic nitrogens is 1. The molecular weight excluding hydrogens is 206 g/mol. The average molecular weight is 223 g/mol. The van der Waals surface area contributed by atoms with Gasteiger partial charge in [-0.05, 0) is 31.1 Å². The molecule has 1 heterocycles. The normalized spacial score (nSPS) is 11.2. The summed E-state index contributed by atoms with van der Waals surface area (Å²) in [5.74, 6) is 0. The number of para-hydroxylation sites is 1. The quantitative estimate of drug-likeness (QED) is 0.748. The van der Waals surface area contributed by atoms with Gasteiger partial charge in [0.15, 0.2) is 0 Å². The minimum atomic E-state index is 0.971. The maximum Gasteiger partial charge on any atom is 0.0712 e. The fraction of sp³-hybridized carbons (Fsp3) is 0.188. The van der Waals surface area contributed by atoms with Crippen molar-refractivity contribution in [1.82, 2.24) is 4.98 Å². The van der Waals surface area contributed by atoms with E-state index in [0.717, 1.165) is 17.6 Å². The lowest BCUT2D eigenvalue weighted by Gasteiger charge is -2.11. The second kappa shape index (κ2) is 4.96. The van der Waals surface area contributed by atoms with E-state index >= 15 is 0 Å². The Bertz CT molecular complexity index is 579. The smallest absolute Gasteiger partial charge is 0.0712 e. The topological polar surface area (TPSA) is 12.9 Å². The largest absolute Gasteiger partial charge is 0.248 e. The van der Waals surface area contributed by atoms with E-state index in [-0.39, 0.29) is 0 Å². The Kier molecular flexibility index (Phi) is 3.38. The van der Waals surface area contributed by atoms with E-state index in [1.165, 1.54) is 16.5 Å². The predicted molar refractivity (Wildman–Crippen MR) is 75.9 cm³/mol. The van der Waals surface area contributed by atoms with Gasteiger partial charge < -0.3 is 0 Å². The van der Waals surface area contributed by atoms with Crippen LogP contribution < -0.4 is 0 Å². The molecule has 17 heavy (non-hydrogen) atoms. The lowest BCUT2D eigenvalue weighted by Crippen LogP contribution is -1.96. The van der Waals surface area contributed by atoms with Crippen LogP contribution in [0.1, 0.15) is 30.7 Å². The van der Waals surface area contributed by atoms with Gasteiger partial charge in [-0.2, -0.15) is 0 Å². The molecule has 1 nitrogen and oxygen atoms in total. The molecule has 1 aromatic heterocycles. The van der Waals surface area contributed by atoms with Crippen LogP contribution in [0.3, 0.4) is 0 Å². The van der Waals surface area contributed by atoms with E-state index in [4.69, 9.17) is 0 Å². The fourth-order valence-corrected chi connectivity index (χ4v) is 2.21. The molecule has 0 spiro atoms. The number of hydrogen-bond acceptors (Lipinski definition) is 1. The van der Waals surface area contributed by atoms with Crippen molar-refractivity contribution in [1.29, 1.82) is 0 Å². The Balaban J connectivity index is 2.88. The SMILES string of the molecule is C=Cc1nc2ccccc2c(CC)c1/C=C\C. The second-order valence-corrected chi connectivity index (χ2v) is 3.96. The first-order valence-corrected chi connectivity index (χ1v) is 5.98. The molecule has 0 saturated carbocycles. The van der Waals surface area contributed by atoms with Crippen molar-refractivity contribution < 1.29 is 0 Å². The van der Waals surface area contributed by atoms with Crippen molar-refractivity contribution in [3.05, 3.63) is 53.7 Å². The molecule has 0 aliphatic rings. The Labute approximate surface area is 103 Å². The highest BCUT2D eigenvalue weighted by atomic mass is 14.7. The molecular formula is C16H17N. The van der Waals surface area contributed by atoms with Crippen molar-refractivity contribution in [3.8, 4) is 0 Å². The van der Waals surface area contributed by atoms with Gasteiger partial charge in [0.2, 0.25) is 0 Å². The van der Waals surface area contributed by atoms with Crippen LogP contribution in [0.5, 0.6) is 0 Å². The summed E-state index contributed by atoms with van der Waals surface area (Å²) in [5.41, 5.74) is 4.57. The fourth-order valence-electron chi connectivity index (χ4n) is 2.21. The number of hydrogen-bond donors (Lipinski definition) is 0. The minimum absolute atomic E-state index is 0.971. The molecule has 2 aromatic rings. The van der Waals surface area contributed by atoms with Crippen LogP contribution in [0.2, 0.25) is 0 Å². The lowest BCUT2D eigenvalue weighted by molar-refractivity contribution is 1.13. The summed E-state index contributed by atoms with van der Waals surface area (Å²) in [6.45, 7) is 8.07. The zero-order valence-electron chi connectivity index (χ0n) is 10.4. The molecule has 1 aromatic carbocycles. The van der Waals surface area contributed by atoms with Crippen LogP contribution in [-0.2, 0) is 6.42 Å². The molecule has 86 valence electrons. The van der Waals surface area contributed by atoms with Crippen LogP contribution in [-0.4, -0.2) is 4.98 Å².